The number of nitrogens with zero attached hydrogens (tertiary/aromatic N) is 2. The van der Waals surface area contributed by atoms with Crippen molar-refractivity contribution in [3.05, 3.63) is 76.4 Å². The van der Waals surface area contributed by atoms with Crippen LogP contribution in [0.2, 0.25) is 5.02 Å². The summed E-state index contributed by atoms with van der Waals surface area (Å²) in [4.78, 5) is 20.1. The third kappa shape index (κ3) is 4.28. The second-order valence-electron chi connectivity index (χ2n) is 7.92. The van der Waals surface area contributed by atoms with Crippen LogP contribution in [0.3, 0.4) is 0 Å². The predicted molar refractivity (Wildman–Crippen MR) is 126 cm³/mol. The number of benzene rings is 2. The quantitative estimate of drug-likeness (QED) is 0.581. The van der Waals surface area contributed by atoms with Crippen LogP contribution in [0, 0.1) is 0 Å². The molecule has 1 aliphatic carbocycles. The number of pyridine rings is 1. The number of rotatable bonds is 3. The number of nitrogens with two attached hydrogens (primary N) is 1. The van der Waals surface area contributed by atoms with Gasteiger partial charge in [-0.3, -0.25) is 9.78 Å². The monoisotopic (exact) mass is 463 g/mol. The third-order valence-electron chi connectivity index (χ3n) is 5.90. The molecule has 1 saturated carbocycles. The molecule has 0 spiro atoms. The predicted octanol–water partition coefficient (Wildman–Crippen LogP) is 5.18. The van der Waals surface area contributed by atoms with Crippen LogP contribution < -0.4 is 5.73 Å². The van der Waals surface area contributed by atoms with Gasteiger partial charge in [0, 0.05) is 47.1 Å². The topological polar surface area (TPSA) is 59.2 Å². The maximum Gasteiger partial charge on any atom is 0.254 e. The number of aromatic nitrogens is 1. The maximum absolute atomic E-state index is 13.5. The molecule has 0 unspecified atom stereocenters. The van der Waals surface area contributed by atoms with Crippen LogP contribution in [-0.4, -0.2) is 34.9 Å². The van der Waals surface area contributed by atoms with Gasteiger partial charge in [-0.2, -0.15) is 0 Å². The van der Waals surface area contributed by atoms with E-state index in [-0.39, 0.29) is 42.7 Å². The Morgan fingerprint density at radius 1 is 1.03 bits per heavy atom. The number of carbonyl (C=O) groups excluding carboxylic acids is 1. The summed E-state index contributed by atoms with van der Waals surface area (Å²) in [6.45, 7) is 1.19. The first-order chi connectivity index (χ1) is 13.6. The van der Waals surface area contributed by atoms with Crippen molar-refractivity contribution < 1.29 is 4.79 Å². The highest BCUT2D eigenvalue weighted by Gasteiger charge is 2.35. The molecule has 1 aromatic heterocycles. The van der Waals surface area contributed by atoms with E-state index in [2.05, 4.69) is 12.1 Å². The molecule has 2 fully saturated rings. The van der Waals surface area contributed by atoms with E-state index in [1.807, 2.05) is 47.4 Å². The van der Waals surface area contributed by atoms with Crippen LogP contribution in [0.4, 0.5) is 0 Å². The molecule has 3 aromatic rings. The van der Waals surface area contributed by atoms with Gasteiger partial charge in [0.1, 0.15) is 0 Å². The van der Waals surface area contributed by atoms with E-state index in [4.69, 9.17) is 22.3 Å². The summed E-state index contributed by atoms with van der Waals surface area (Å²) in [6, 6.07) is 17.7. The Balaban J connectivity index is 0.00000128. The molecule has 158 valence electrons. The van der Waals surface area contributed by atoms with E-state index in [1.165, 1.54) is 5.56 Å². The molecule has 2 N–H and O–H groups in total. The van der Waals surface area contributed by atoms with E-state index >= 15 is 0 Å². The van der Waals surface area contributed by atoms with E-state index in [9.17, 15) is 4.79 Å². The fourth-order valence-electron chi connectivity index (χ4n) is 4.20. The summed E-state index contributed by atoms with van der Waals surface area (Å²) >= 11 is 6.22. The molecule has 1 saturated heterocycles. The van der Waals surface area contributed by atoms with Crippen molar-refractivity contribution in [3.8, 4) is 0 Å². The van der Waals surface area contributed by atoms with E-state index in [0.717, 1.165) is 29.4 Å². The van der Waals surface area contributed by atoms with Gasteiger partial charge in [-0.15, -0.1) is 24.8 Å². The molecule has 0 bridgehead atoms. The van der Waals surface area contributed by atoms with Crippen LogP contribution >= 0.6 is 36.4 Å². The minimum atomic E-state index is -0.0639. The summed E-state index contributed by atoms with van der Waals surface area (Å²) in [5, 5.41) is 1.43. The molecule has 2 atom stereocenters. The Bertz CT molecular complexity index is 1060. The van der Waals surface area contributed by atoms with Crippen molar-refractivity contribution in [2.75, 3.05) is 13.1 Å². The van der Waals surface area contributed by atoms with E-state index in [1.54, 1.807) is 0 Å². The zero-order valence-corrected chi connectivity index (χ0v) is 18.7. The second-order valence-corrected chi connectivity index (χ2v) is 8.36. The first-order valence-corrected chi connectivity index (χ1v) is 10.2. The van der Waals surface area contributed by atoms with Gasteiger partial charge in [0.05, 0.1) is 11.1 Å². The molecular weight excluding hydrogens is 441 g/mol. The van der Waals surface area contributed by atoms with Crippen molar-refractivity contribution in [2.45, 2.75) is 30.7 Å². The Labute approximate surface area is 193 Å². The van der Waals surface area contributed by atoms with E-state index < -0.39 is 0 Å². The maximum atomic E-state index is 13.5. The number of hydrogen-bond acceptors (Lipinski definition) is 3. The van der Waals surface area contributed by atoms with Gasteiger partial charge in [-0.05, 0) is 42.7 Å². The normalized spacial score (nSPS) is 20.5. The summed E-state index contributed by atoms with van der Waals surface area (Å²) in [6.07, 6.45) is 2.29. The molecule has 5 rings (SSSR count). The second kappa shape index (κ2) is 9.11. The van der Waals surface area contributed by atoms with Crippen LogP contribution in [0.5, 0.6) is 0 Å². The Morgan fingerprint density at radius 2 is 1.77 bits per heavy atom. The van der Waals surface area contributed by atoms with Gasteiger partial charge in [-0.1, -0.05) is 41.9 Å². The molecular formula is C23H24Cl3N3O. The molecule has 0 radical (unpaired) electrons. The summed E-state index contributed by atoms with van der Waals surface area (Å²) in [5.41, 5.74) is 10.1. The first kappa shape index (κ1) is 22.8. The van der Waals surface area contributed by atoms with Crippen LogP contribution in [0.15, 0.2) is 54.6 Å². The Morgan fingerprint density at radius 3 is 2.47 bits per heavy atom. The molecule has 2 aliphatic rings. The lowest BCUT2D eigenvalue weighted by molar-refractivity contribution is 0.0791. The minimum Gasteiger partial charge on any atom is -0.336 e. The van der Waals surface area contributed by atoms with Crippen molar-refractivity contribution in [1.29, 1.82) is 0 Å². The standard InChI is InChI=1S/C23H22ClN3O.2ClH/c24-16-8-9-21-17(10-16)18(11-22(26-21)15-6-7-15)23(28)27-12-19(20(25)13-27)14-4-2-1-3-5-14;;/h1-5,8-11,15,19-20H,6-7,12-13,25H2;2*1H/t19-,20+;;/m0../s1. The lowest BCUT2D eigenvalue weighted by atomic mass is 9.95. The average molecular weight is 465 g/mol. The fraction of sp³-hybridized carbons (Fsp3) is 0.304. The summed E-state index contributed by atoms with van der Waals surface area (Å²) in [5.74, 6) is 0.653. The molecule has 1 aliphatic heterocycles. The van der Waals surface area contributed by atoms with Gasteiger partial charge in [-0.25, -0.2) is 0 Å². The largest absolute Gasteiger partial charge is 0.336 e. The number of fused-ring (bicyclic) bond motifs is 1. The fourth-order valence-corrected chi connectivity index (χ4v) is 4.37. The van der Waals surface area contributed by atoms with Gasteiger partial charge in [0.15, 0.2) is 0 Å². The van der Waals surface area contributed by atoms with Crippen LogP contribution in [0.25, 0.3) is 10.9 Å². The molecule has 1 amide bonds. The molecule has 7 heteroatoms. The Kier molecular flexibility index (Phi) is 6.93. The van der Waals surface area contributed by atoms with Gasteiger partial charge < -0.3 is 10.6 Å². The van der Waals surface area contributed by atoms with Crippen molar-refractivity contribution in [3.63, 3.8) is 0 Å². The van der Waals surface area contributed by atoms with Crippen LogP contribution in [0.1, 0.15) is 46.3 Å². The number of carbonyl (C=O) groups is 1. The SMILES string of the molecule is Cl.Cl.N[C@@H]1CN(C(=O)c2cc(C3CC3)nc3ccc(Cl)cc23)C[C@H]1c1ccccc1. The number of hydrogen-bond donors (Lipinski definition) is 1. The van der Waals surface area contributed by atoms with E-state index in [0.29, 0.717) is 29.6 Å². The molecule has 30 heavy (non-hydrogen) atoms. The summed E-state index contributed by atoms with van der Waals surface area (Å²) < 4.78 is 0. The highest BCUT2D eigenvalue weighted by molar-refractivity contribution is 6.31. The lowest BCUT2D eigenvalue weighted by Crippen LogP contribution is -2.32. The Hall–Kier alpha value is -1.85. The van der Waals surface area contributed by atoms with Gasteiger partial charge in [0.2, 0.25) is 0 Å². The highest BCUT2D eigenvalue weighted by Crippen LogP contribution is 2.40. The van der Waals surface area contributed by atoms with Gasteiger partial charge >= 0.3 is 0 Å². The first-order valence-electron chi connectivity index (χ1n) is 9.80. The molecule has 2 heterocycles. The molecule has 2 aromatic carbocycles. The van der Waals surface area contributed by atoms with Crippen LogP contribution in [-0.2, 0) is 0 Å². The average Bonchev–Trinajstić information content (AvgIpc) is 3.49. The zero-order valence-electron chi connectivity index (χ0n) is 16.3. The number of likely N-dealkylation sites (tertiary alicyclic amines) is 1. The molecule has 4 nitrogen and oxygen atoms in total. The lowest BCUT2D eigenvalue weighted by Gasteiger charge is -2.18. The summed E-state index contributed by atoms with van der Waals surface area (Å²) in [7, 11) is 0. The zero-order chi connectivity index (χ0) is 19.3. The van der Waals surface area contributed by atoms with Crippen molar-refractivity contribution in [1.82, 2.24) is 9.88 Å². The number of halogens is 3. The minimum absolute atomic E-state index is 0. The number of amides is 1. The highest BCUT2D eigenvalue weighted by atomic mass is 35.5. The van der Waals surface area contributed by atoms with Gasteiger partial charge in [0.25, 0.3) is 5.91 Å². The van der Waals surface area contributed by atoms with Crippen molar-refractivity contribution >= 4 is 53.2 Å². The smallest absolute Gasteiger partial charge is 0.254 e. The third-order valence-corrected chi connectivity index (χ3v) is 6.13. The van der Waals surface area contributed by atoms with Crippen molar-refractivity contribution in [2.24, 2.45) is 5.73 Å².